The molecule has 1 amide bonds. The smallest absolute Gasteiger partial charge is 0.247 e. The van der Waals surface area contributed by atoms with Gasteiger partial charge in [-0.1, -0.05) is 24.3 Å². The Morgan fingerprint density at radius 2 is 2.04 bits per heavy atom. The summed E-state index contributed by atoms with van der Waals surface area (Å²) in [6, 6.07) is 11.4. The number of rotatable bonds is 4. The van der Waals surface area contributed by atoms with Crippen LogP contribution in [0.2, 0.25) is 0 Å². The van der Waals surface area contributed by atoms with Crippen LogP contribution in [0, 0.1) is 0 Å². The molecule has 0 saturated heterocycles. The van der Waals surface area contributed by atoms with Crippen LogP contribution in [-0.4, -0.2) is 26.3 Å². The molecule has 7 heteroatoms. The molecule has 1 aliphatic rings. The summed E-state index contributed by atoms with van der Waals surface area (Å²) in [5, 5.41) is 5.12. The summed E-state index contributed by atoms with van der Waals surface area (Å²) in [6.07, 6.45) is 3.26. The molecule has 1 aliphatic carbocycles. The zero-order chi connectivity index (χ0) is 17.3. The number of aryl methyl sites for hydroxylation is 1. The maximum absolute atomic E-state index is 12.6. The fourth-order valence-electron chi connectivity index (χ4n) is 3.18. The van der Waals surface area contributed by atoms with Crippen LogP contribution in [0.4, 0.5) is 0 Å². The standard InChI is InChI=1S/C17H20N2O3S2/c1-19(15-8-4-6-12-5-2-3-7-14(12)15)16(20)11-13-9-10-17(23-13)24(18,21)22/h2-3,5,7,9-10,15H,4,6,8,11H2,1H3,(H2,18,21,22). The number of hydrogen-bond acceptors (Lipinski definition) is 4. The maximum atomic E-state index is 12.6. The SMILES string of the molecule is CN(C(=O)Cc1ccc(S(N)(=O)=O)s1)C1CCCc2ccccc21. The number of hydrogen-bond donors (Lipinski definition) is 1. The third-order valence-electron chi connectivity index (χ3n) is 4.44. The van der Waals surface area contributed by atoms with E-state index in [-0.39, 0.29) is 22.6 Å². The zero-order valence-corrected chi connectivity index (χ0v) is 15.1. The van der Waals surface area contributed by atoms with Crippen LogP contribution < -0.4 is 5.14 Å². The fraction of sp³-hybridized carbons (Fsp3) is 0.353. The van der Waals surface area contributed by atoms with Crippen molar-refractivity contribution in [2.24, 2.45) is 5.14 Å². The molecule has 1 unspecified atom stereocenters. The molecule has 1 aromatic carbocycles. The Morgan fingerprint density at radius 1 is 1.29 bits per heavy atom. The number of primary sulfonamides is 1. The summed E-state index contributed by atoms with van der Waals surface area (Å²) >= 11 is 1.06. The lowest BCUT2D eigenvalue weighted by molar-refractivity contribution is -0.131. The Balaban J connectivity index is 1.75. The van der Waals surface area contributed by atoms with E-state index in [9.17, 15) is 13.2 Å². The number of carbonyl (C=O) groups excluding carboxylic acids is 1. The Bertz CT molecular complexity index is 858. The Kier molecular flexibility index (Phi) is 4.76. The van der Waals surface area contributed by atoms with Crippen molar-refractivity contribution in [3.8, 4) is 0 Å². The highest BCUT2D eigenvalue weighted by Crippen LogP contribution is 2.34. The molecule has 0 fully saturated rings. The van der Waals surface area contributed by atoms with E-state index < -0.39 is 10.0 Å². The molecular weight excluding hydrogens is 344 g/mol. The van der Waals surface area contributed by atoms with Gasteiger partial charge in [-0.25, -0.2) is 13.6 Å². The third-order valence-corrected chi connectivity index (χ3v) is 6.97. The molecule has 0 spiro atoms. The Morgan fingerprint density at radius 3 is 2.75 bits per heavy atom. The highest BCUT2D eigenvalue weighted by molar-refractivity contribution is 7.91. The van der Waals surface area contributed by atoms with E-state index in [4.69, 9.17) is 5.14 Å². The molecule has 5 nitrogen and oxygen atoms in total. The molecule has 2 N–H and O–H groups in total. The Hall–Kier alpha value is -1.70. The van der Waals surface area contributed by atoms with Gasteiger partial charge in [0.25, 0.3) is 0 Å². The van der Waals surface area contributed by atoms with E-state index in [0.29, 0.717) is 4.88 Å². The molecule has 1 heterocycles. The number of nitrogens with zero attached hydrogens (tertiary/aromatic N) is 1. The summed E-state index contributed by atoms with van der Waals surface area (Å²) in [5.74, 6) is -0.0143. The minimum absolute atomic E-state index is 0.0143. The second-order valence-electron chi connectivity index (χ2n) is 6.05. The van der Waals surface area contributed by atoms with Gasteiger partial charge in [0.1, 0.15) is 4.21 Å². The number of thiophene rings is 1. The molecule has 24 heavy (non-hydrogen) atoms. The molecular formula is C17H20N2O3S2. The average molecular weight is 364 g/mol. The van der Waals surface area contributed by atoms with Crippen LogP contribution in [-0.2, 0) is 27.7 Å². The number of amides is 1. The van der Waals surface area contributed by atoms with Gasteiger partial charge in [-0.3, -0.25) is 4.79 Å². The van der Waals surface area contributed by atoms with Crippen LogP contribution >= 0.6 is 11.3 Å². The van der Waals surface area contributed by atoms with E-state index in [1.807, 2.05) is 19.2 Å². The largest absolute Gasteiger partial charge is 0.338 e. The van der Waals surface area contributed by atoms with Gasteiger partial charge in [0.05, 0.1) is 12.5 Å². The number of sulfonamides is 1. The summed E-state index contributed by atoms with van der Waals surface area (Å²) < 4.78 is 22.8. The van der Waals surface area contributed by atoms with E-state index >= 15 is 0 Å². The molecule has 128 valence electrons. The van der Waals surface area contributed by atoms with Gasteiger partial charge in [-0.15, -0.1) is 11.3 Å². The van der Waals surface area contributed by atoms with Gasteiger partial charge in [0, 0.05) is 11.9 Å². The number of fused-ring (bicyclic) bond motifs is 1. The van der Waals surface area contributed by atoms with E-state index in [2.05, 4.69) is 12.1 Å². The van der Waals surface area contributed by atoms with E-state index in [1.54, 1.807) is 11.0 Å². The second-order valence-corrected chi connectivity index (χ2v) is 9.01. The minimum atomic E-state index is -3.70. The monoisotopic (exact) mass is 364 g/mol. The topological polar surface area (TPSA) is 80.5 Å². The van der Waals surface area contributed by atoms with Gasteiger partial charge in [-0.05, 0) is 42.5 Å². The van der Waals surface area contributed by atoms with Crippen molar-refractivity contribution in [2.45, 2.75) is 35.9 Å². The molecule has 2 aromatic rings. The van der Waals surface area contributed by atoms with Crippen molar-refractivity contribution in [2.75, 3.05) is 7.05 Å². The molecule has 0 radical (unpaired) electrons. The highest BCUT2D eigenvalue weighted by Gasteiger charge is 2.26. The van der Waals surface area contributed by atoms with Crippen LogP contribution in [0.1, 0.15) is 34.9 Å². The fourth-order valence-corrected chi connectivity index (χ4v) is 4.95. The first-order chi connectivity index (χ1) is 11.4. The van der Waals surface area contributed by atoms with Crippen molar-refractivity contribution in [3.05, 3.63) is 52.4 Å². The number of benzene rings is 1. The normalized spacial score (nSPS) is 17.3. The number of likely N-dealkylation sites (N-methyl/N-ethyl adjacent to an activating group) is 1. The van der Waals surface area contributed by atoms with Crippen LogP contribution in [0.25, 0.3) is 0 Å². The van der Waals surface area contributed by atoms with E-state index in [0.717, 1.165) is 30.6 Å². The summed E-state index contributed by atoms with van der Waals surface area (Å²) in [5.41, 5.74) is 2.53. The van der Waals surface area contributed by atoms with Crippen molar-refractivity contribution >= 4 is 27.3 Å². The predicted octanol–water partition coefficient (Wildman–Crippen LogP) is 2.47. The molecule has 3 rings (SSSR count). The van der Waals surface area contributed by atoms with Crippen LogP contribution in [0.15, 0.2) is 40.6 Å². The predicted molar refractivity (Wildman–Crippen MR) is 94.3 cm³/mol. The molecule has 1 aromatic heterocycles. The number of nitrogens with two attached hydrogens (primary N) is 1. The molecule has 0 saturated carbocycles. The Labute approximate surface area is 146 Å². The first kappa shape index (κ1) is 17.1. The van der Waals surface area contributed by atoms with Crippen molar-refractivity contribution in [3.63, 3.8) is 0 Å². The molecule has 1 atom stereocenters. The lowest BCUT2D eigenvalue weighted by atomic mass is 9.87. The van der Waals surface area contributed by atoms with Crippen molar-refractivity contribution in [1.82, 2.24) is 4.90 Å². The first-order valence-corrected chi connectivity index (χ1v) is 10.2. The summed E-state index contributed by atoms with van der Waals surface area (Å²) in [6.45, 7) is 0. The lowest BCUT2D eigenvalue weighted by Gasteiger charge is -2.33. The summed E-state index contributed by atoms with van der Waals surface area (Å²) in [7, 11) is -1.88. The third kappa shape index (κ3) is 3.53. The van der Waals surface area contributed by atoms with Crippen molar-refractivity contribution in [1.29, 1.82) is 0 Å². The van der Waals surface area contributed by atoms with Gasteiger partial charge in [0.15, 0.2) is 0 Å². The van der Waals surface area contributed by atoms with E-state index in [1.165, 1.54) is 17.2 Å². The lowest BCUT2D eigenvalue weighted by Crippen LogP contribution is -2.34. The van der Waals surface area contributed by atoms with Crippen molar-refractivity contribution < 1.29 is 13.2 Å². The zero-order valence-electron chi connectivity index (χ0n) is 13.4. The minimum Gasteiger partial charge on any atom is -0.338 e. The second kappa shape index (κ2) is 6.66. The molecule has 0 bridgehead atoms. The van der Waals surface area contributed by atoms with Gasteiger partial charge >= 0.3 is 0 Å². The van der Waals surface area contributed by atoms with Crippen LogP contribution in [0.5, 0.6) is 0 Å². The van der Waals surface area contributed by atoms with Gasteiger partial charge in [-0.2, -0.15) is 0 Å². The number of carbonyl (C=O) groups is 1. The highest BCUT2D eigenvalue weighted by atomic mass is 32.2. The summed E-state index contributed by atoms with van der Waals surface area (Å²) in [4.78, 5) is 15.1. The quantitative estimate of drug-likeness (QED) is 0.905. The van der Waals surface area contributed by atoms with Gasteiger partial charge in [0.2, 0.25) is 15.9 Å². The van der Waals surface area contributed by atoms with Gasteiger partial charge < -0.3 is 4.90 Å². The maximum Gasteiger partial charge on any atom is 0.247 e. The first-order valence-electron chi connectivity index (χ1n) is 7.81. The average Bonchev–Trinajstić information content (AvgIpc) is 3.02. The molecule has 0 aliphatic heterocycles. The van der Waals surface area contributed by atoms with Crippen LogP contribution in [0.3, 0.4) is 0 Å².